The van der Waals surface area contributed by atoms with Crippen molar-refractivity contribution in [3.05, 3.63) is 42.5 Å². The summed E-state index contributed by atoms with van der Waals surface area (Å²) in [5.41, 5.74) is 0.723. The number of benzene rings is 2. The van der Waals surface area contributed by atoms with Crippen molar-refractivity contribution >= 4 is 27.3 Å². The normalized spacial score (nSPS) is 12.0. The lowest BCUT2D eigenvalue weighted by molar-refractivity contribution is -0.117. The van der Waals surface area contributed by atoms with Crippen LogP contribution >= 0.6 is 0 Å². The van der Waals surface area contributed by atoms with E-state index in [1.807, 2.05) is 0 Å². The van der Waals surface area contributed by atoms with Crippen LogP contribution in [0.3, 0.4) is 0 Å². The number of amides is 1. The van der Waals surface area contributed by atoms with E-state index >= 15 is 0 Å². The third kappa shape index (κ3) is 5.32. The van der Waals surface area contributed by atoms with Gasteiger partial charge in [0.2, 0.25) is 15.9 Å². The largest absolute Gasteiger partial charge is 0.497 e. The number of carbonyl (C=O) groups excluding carboxylic acids is 1. The van der Waals surface area contributed by atoms with E-state index in [0.717, 1.165) is 10.6 Å². The Balaban J connectivity index is 2.44. The molecule has 1 amide bonds. The van der Waals surface area contributed by atoms with Crippen molar-refractivity contribution in [2.75, 3.05) is 37.2 Å². The van der Waals surface area contributed by atoms with E-state index in [2.05, 4.69) is 5.32 Å². The van der Waals surface area contributed by atoms with Gasteiger partial charge in [0.15, 0.2) is 0 Å². The molecule has 1 unspecified atom stereocenters. The van der Waals surface area contributed by atoms with E-state index in [1.165, 1.54) is 21.3 Å². The Kier molecular flexibility index (Phi) is 7.33. The Bertz CT molecular complexity index is 961. The van der Waals surface area contributed by atoms with Crippen molar-refractivity contribution < 1.29 is 27.4 Å². The van der Waals surface area contributed by atoms with E-state index in [1.54, 1.807) is 49.4 Å². The van der Waals surface area contributed by atoms with Gasteiger partial charge < -0.3 is 19.5 Å². The van der Waals surface area contributed by atoms with Crippen LogP contribution in [0.5, 0.6) is 17.2 Å². The molecule has 0 aromatic heterocycles. The van der Waals surface area contributed by atoms with Gasteiger partial charge in [-0.25, -0.2) is 8.42 Å². The molecule has 0 fully saturated rings. The van der Waals surface area contributed by atoms with Gasteiger partial charge in [-0.05, 0) is 30.7 Å². The van der Waals surface area contributed by atoms with Gasteiger partial charge in [-0.1, -0.05) is 13.0 Å². The molecule has 0 aliphatic heterocycles. The van der Waals surface area contributed by atoms with Crippen molar-refractivity contribution in [1.29, 1.82) is 0 Å². The molecule has 2 aromatic carbocycles. The predicted molar refractivity (Wildman–Crippen MR) is 113 cm³/mol. The van der Waals surface area contributed by atoms with Gasteiger partial charge in [0.25, 0.3) is 0 Å². The minimum Gasteiger partial charge on any atom is -0.497 e. The molecule has 0 saturated carbocycles. The maximum atomic E-state index is 13.1. The summed E-state index contributed by atoms with van der Waals surface area (Å²) in [5.74, 6) is 0.955. The van der Waals surface area contributed by atoms with Crippen molar-refractivity contribution in [3.8, 4) is 17.2 Å². The summed E-state index contributed by atoms with van der Waals surface area (Å²) in [6.07, 6.45) is 1.32. The highest BCUT2D eigenvalue weighted by Gasteiger charge is 2.32. The number of nitrogens with zero attached hydrogens (tertiary/aromatic N) is 1. The highest BCUT2D eigenvalue weighted by Crippen LogP contribution is 2.31. The van der Waals surface area contributed by atoms with Gasteiger partial charge in [0.05, 0.1) is 39.0 Å². The second kappa shape index (κ2) is 9.51. The Morgan fingerprint density at radius 1 is 1.03 bits per heavy atom. The van der Waals surface area contributed by atoms with Gasteiger partial charge in [0.1, 0.15) is 23.3 Å². The first-order valence-corrected chi connectivity index (χ1v) is 10.8. The zero-order chi connectivity index (χ0) is 21.6. The molecule has 0 bridgehead atoms. The SMILES string of the molecule is CCC(C(=O)Nc1cc(OC)ccc1OC)N(c1cccc(OC)c1)S(C)(=O)=O. The third-order valence-electron chi connectivity index (χ3n) is 4.30. The number of sulfonamides is 1. The molecule has 29 heavy (non-hydrogen) atoms. The monoisotopic (exact) mass is 422 g/mol. The highest BCUT2D eigenvalue weighted by molar-refractivity contribution is 7.92. The summed E-state index contributed by atoms with van der Waals surface area (Å²) in [4.78, 5) is 13.1. The van der Waals surface area contributed by atoms with Gasteiger partial charge in [0, 0.05) is 12.1 Å². The highest BCUT2D eigenvalue weighted by atomic mass is 32.2. The van der Waals surface area contributed by atoms with E-state index in [9.17, 15) is 13.2 Å². The fraction of sp³-hybridized carbons (Fsp3) is 0.350. The quantitative estimate of drug-likeness (QED) is 0.668. The lowest BCUT2D eigenvalue weighted by Crippen LogP contribution is -2.47. The lowest BCUT2D eigenvalue weighted by Gasteiger charge is -2.30. The average Bonchev–Trinajstić information content (AvgIpc) is 2.70. The van der Waals surface area contributed by atoms with Crippen LogP contribution in [0.1, 0.15) is 13.3 Å². The minimum absolute atomic E-state index is 0.252. The van der Waals surface area contributed by atoms with Gasteiger partial charge in [-0.3, -0.25) is 9.10 Å². The van der Waals surface area contributed by atoms with Crippen LogP contribution in [0.15, 0.2) is 42.5 Å². The zero-order valence-electron chi connectivity index (χ0n) is 17.1. The van der Waals surface area contributed by atoms with Crippen molar-refractivity contribution in [1.82, 2.24) is 0 Å². The molecule has 0 saturated heterocycles. The molecule has 2 rings (SSSR count). The molecule has 0 spiro atoms. The molecule has 0 aliphatic rings. The minimum atomic E-state index is -3.76. The maximum Gasteiger partial charge on any atom is 0.248 e. The third-order valence-corrected chi connectivity index (χ3v) is 5.48. The summed E-state index contributed by atoms with van der Waals surface area (Å²) in [6, 6.07) is 10.5. The second-order valence-electron chi connectivity index (χ2n) is 6.24. The fourth-order valence-corrected chi connectivity index (χ4v) is 4.14. The van der Waals surface area contributed by atoms with Crippen LogP contribution in [0.25, 0.3) is 0 Å². The molecule has 9 heteroatoms. The topological polar surface area (TPSA) is 94.2 Å². The van der Waals surface area contributed by atoms with Crippen molar-refractivity contribution in [3.63, 3.8) is 0 Å². The van der Waals surface area contributed by atoms with Crippen LogP contribution in [-0.4, -0.2) is 48.0 Å². The molecule has 0 radical (unpaired) electrons. The summed E-state index contributed by atoms with van der Waals surface area (Å²) in [5, 5.41) is 2.76. The first-order chi connectivity index (χ1) is 13.7. The number of hydrogen-bond donors (Lipinski definition) is 1. The molecule has 0 heterocycles. The number of hydrogen-bond acceptors (Lipinski definition) is 6. The van der Waals surface area contributed by atoms with Crippen LogP contribution in [-0.2, 0) is 14.8 Å². The Morgan fingerprint density at radius 3 is 2.24 bits per heavy atom. The van der Waals surface area contributed by atoms with Crippen LogP contribution in [0.4, 0.5) is 11.4 Å². The molecular formula is C20H26N2O6S. The predicted octanol–water partition coefficient (Wildman–Crippen LogP) is 2.90. The molecule has 1 N–H and O–H groups in total. The molecular weight excluding hydrogens is 396 g/mol. The fourth-order valence-electron chi connectivity index (χ4n) is 2.94. The lowest BCUT2D eigenvalue weighted by atomic mass is 10.1. The first kappa shape index (κ1) is 22.4. The number of nitrogens with one attached hydrogen (secondary N) is 1. The standard InChI is InChI=1S/C20H26N2O6S/c1-6-18(20(23)21-17-13-16(27-3)10-11-19(17)28-4)22(29(5,24)25)14-8-7-9-15(12-14)26-2/h7-13,18H,6H2,1-5H3,(H,21,23). The Morgan fingerprint density at radius 2 is 1.69 bits per heavy atom. The van der Waals surface area contributed by atoms with E-state index in [0.29, 0.717) is 28.6 Å². The Hall–Kier alpha value is -2.94. The summed E-state index contributed by atoms with van der Waals surface area (Å²) < 4.78 is 41.9. The van der Waals surface area contributed by atoms with Gasteiger partial charge >= 0.3 is 0 Å². The van der Waals surface area contributed by atoms with Crippen molar-refractivity contribution in [2.45, 2.75) is 19.4 Å². The zero-order valence-corrected chi connectivity index (χ0v) is 17.9. The summed E-state index contributed by atoms with van der Waals surface area (Å²) >= 11 is 0. The number of methoxy groups -OCH3 is 3. The maximum absolute atomic E-state index is 13.1. The average molecular weight is 423 g/mol. The van der Waals surface area contributed by atoms with Crippen LogP contribution < -0.4 is 23.8 Å². The molecule has 0 aliphatic carbocycles. The summed E-state index contributed by atoms with van der Waals surface area (Å²) in [6.45, 7) is 1.74. The van der Waals surface area contributed by atoms with E-state index < -0.39 is 22.0 Å². The number of ether oxygens (including phenoxy) is 3. The number of carbonyl (C=O) groups is 1. The molecule has 2 aromatic rings. The molecule has 158 valence electrons. The molecule has 8 nitrogen and oxygen atoms in total. The number of anilines is 2. The van der Waals surface area contributed by atoms with Crippen LogP contribution in [0.2, 0.25) is 0 Å². The summed E-state index contributed by atoms with van der Waals surface area (Å²) in [7, 11) is 0.720. The van der Waals surface area contributed by atoms with Crippen molar-refractivity contribution in [2.24, 2.45) is 0 Å². The van der Waals surface area contributed by atoms with E-state index in [-0.39, 0.29) is 6.42 Å². The smallest absolute Gasteiger partial charge is 0.248 e. The van der Waals surface area contributed by atoms with Gasteiger partial charge in [-0.2, -0.15) is 0 Å². The first-order valence-electron chi connectivity index (χ1n) is 8.91. The van der Waals surface area contributed by atoms with Crippen LogP contribution in [0, 0.1) is 0 Å². The molecule has 1 atom stereocenters. The Labute approximate surface area is 171 Å². The number of rotatable bonds is 9. The van der Waals surface area contributed by atoms with Gasteiger partial charge in [-0.15, -0.1) is 0 Å². The second-order valence-corrected chi connectivity index (χ2v) is 8.10. The van der Waals surface area contributed by atoms with E-state index in [4.69, 9.17) is 14.2 Å².